The highest BCUT2D eigenvalue weighted by molar-refractivity contribution is 6.33. The van der Waals surface area contributed by atoms with Crippen LogP contribution in [-0.4, -0.2) is 42.3 Å². The predicted molar refractivity (Wildman–Crippen MR) is 85.8 cm³/mol. The molecule has 1 unspecified atom stereocenters. The Morgan fingerprint density at radius 2 is 1.57 bits per heavy atom. The molecule has 6 nitrogen and oxygen atoms in total. The molecule has 2 rings (SSSR count). The van der Waals surface area contributed by atoms with Crippen LogP contribution in [0.3, 0.4) is 0 Å². The minimum absolute atomic E-state index is 0.178. The molecule has 0 saturated heterocycles. The quantitative estimate of drug-likeness (QED) is 0.784. The summed E-state index contributed by atoms with van der Waals surface area (Å²) >= 11 is 0. The number of carbonyl (C=O) groups excluding carboxylic acids is 1. The molecule has 1 atom stereocenters. The normalized spacial score (nSPS) is 11.5. The molecular formula is C16H18BNO5. The lowest BCUT2D eigenvalue weighted by atomic mass is 10.1. The van der Waals surface area contributed by atoms with Crippen LogP contribution in [0, 0.1) is 0 Å². The van der Waals surface area contributed by atoms with E-state index in [1.54, 1.807) is 26.2 Å². The lowest BCUT2D eigenvalue weighted by Gasteiger charge is -2.22. The number of hydrogen-bond donors (Lipinski definition) is 2. The van der Waals surface area contributed by atoms with Gasteiger partial charge in [0, 0.05) is 19.7 Å². The fourth-order valence-electron chi connectivity index (χ4n) is 1.98. The van der Waals surface area contributed by atoms with E-state index in [-0.39, 0.29) is 11.7 Å². The molecule has 0 aliphatic heterocycles. The molecule has 0 heterocycles. The molecule has 0 fully saturated rings. The number of rotatable bonds is 6. The maximum absolute atomic E-state index is 12.4. The summed E-state index contributed by atoms with van der Waals surface area (Å²) in [7, 11) is 1.46. The summed E-state index contributed by atoms with van der Waals surface area (Å²) in [4.78, 5) is 13.8. The van der Waals surface area contributed by atoms with Crippen LogP contribution < -0.4 is 9.39 Å². The second-order valence-corrected chi connectivity index (χ2v) is 5.06. The number of carbonyl (C=O) groups is 1. The summed E-state index contributed by atoms with van der Waals surface area (Å²) < 4.78 is 10.5. The molecule has 120 valence electrons. The molecule has 0 bridgehead atoms. The van der Waals surface area contributed by atoms with Crippen LogP contribution in [0.5, 0.6) is 11.5 Å². The average molecular weight is 315 g/mol. The molecule has 7 heteroatoms. The van der Waals surface area contributed by atoms with Gasteiger partial charge in [-0.3, -0.25) is 4.79 Å². The first-order valence-electron chi connectivity index (χ1n) is 7.03. The van der Waals surface area contributed by atoms with Crippen LogP contribution in [0.2, 0.25) is 0 Å². The van der Waals surface area contributed by atoms with Crippen molar-refractivity contribution in [1.82, 2.24) is 4.90 Å². The minimum atomic E-state index is -1.88. The van der Waals surface area contributed by atoms with Crippen LogP contribution in [-0.2, 0) is 4.79 Å². The van der Waals surface area contributed by atoms with Crippen molar-refractivity contribution in [2.75, 3.05) is 14.1 Å². The monoisotopic (exact) mass is 315 g/mol. The topological polar surface area (TPSA) is 79.2 Å². The molecule has 23 heavy (non-hydrogen) atoms. The Balaban J connectivity index is 2.19. The van der Waals surface area contributed by atoms with Crippen LogP contribution >= 0.6 is 0 Å². The van der Waals surface area contributed by atoms with Gasteiger partial charge < -0.3 is 24.3 Å². The highest BCUT2D eigenvalue weighted by atomic mass is 16.6. The summed E-state index contributed by atoms with van der Waals surface area (Å²) in [5.74, 6) is 0.568. The third-order valence-corrected chi connectivity index (χ3v) is 3.09. The second-order valence-electron chi connectivity index (χ2n) is 5.06. The van der Waals surface area contributed by atoms with Gasteiger partial charge in [-0.2, -0.15) is 0 Å². The van der Waals surface area contributed by atoms with Crippen LogP contribution in [0.25, 0.3) is 0 Å². The zero-order valence-electron chi connectivity index (χ0n) is 12.9. The summed E-state index contributed by atoms with van der Waals surface area (Å²) in [5.41, 5.74) is 0.748. The van der Waals surface area contributed by atoms with Gasteiger partial charge >= 0.3 is 7.32 Å². The van der Waals surface area contributed by atoms with E-state index >= 15 is 0 Å². The number of nitrogens with zero attached hydrogens (tertiary/aromatic N) is 1. The average Bonchev–Trinajstić information content (AvgIpc) is 2.53. The van der Waals surface area contributed by atoms with Crippen molar-refractivity contribution in [3.63, 3.8) is 0 Å². The van der Waals surface area contributed by atoms with Crippen molar-refractivity contribution in [3.8, 4) is 11.5 Å². The van der Waals surface area contributed by atoms with Crippen LogP contribution in [0.15, 0.2) is 54.6 Å². The van der Waals surface area contributed by atoms with E-state index in [2.05, 4.69) is 0 Å². The summed E-state index contributed by atoms with van der Waals surface area (Å²) in [6, 6.07) is 15.4. The van der Waals surface area contributed by atoms with Crippen LogP contribution in [0.4, 0.5) is 0 Å². The third-order valence-electron chi connectivity index (χ3n) is 3.09. The van der Waals surface area contributed by atoms with Gasteiger partial charge in [-0.05, 0) is 24.3 Å². The van der Waals surface area contributed by atoms with Crippen molar-refractivity contribution < 1.29 is 24.2 Å². The molecule has 2 N–H and O–H groups in total. The zero-order chi connectivity index (χ0) is 16.8. The summed E-state index contributed by atoms with van der Waals surface area (Å²) in [6.45, 7) is 0. The molecule has 1 amide bonds. The maximum atomic E-state index is 12.4. The van der Waals surface area contributed by atoms with E-state index in [1.807, 2.05) is 30.3 Å². The van der Waals surface area contributed by atoms with E-state index in [0.717, 1.165) is 5.56 Å². The fourth-order valence-corrected chi connectivity index (χ4v) is 1.98. The molecular weight excluding hydrogens is 297 g/mol. The molecule has 0 aromatic heterocycles. The zero-order valence-corrected chi connectivity index (χ0v) is 12.9. The largest absolute Gasteiger partial charge is 0.707 e. The first-order chi connectivity index (χ1) is 11.0. The Morgan fingerprint density at radius 3 is 2.09 bits per heavy atom. The van der Waals surface area contributed by atoms with Gasteiger partial charge in [-0.1, -0.05) is 30.3 Å². The standard InChI is InChI=1S/C16H18BNO5/c1-18(2)16(19)15(12-6-4-3-5-7-12)22-13-8-10-14(11-9-13)23-17(20)21/h3-11,15,20-21H,1-2H3. The molecule has 2 aromatic rings. The van der Waals surface area contributed by atoms with Gasteiger partial charge in [0.2, 0.25) is 6.10 Å². The van der Waals surface area contributed by atoms with E-state index < -0.39 is 13.4 Å². The van der Waals surface area contributed by atoms with Gasteiger partial charge in [-0.25, -0.2) is 0 Å². The van der Waals surface area contributed by atoms with Gasteiger partial charge in [0.05, 0.1) is 0 Å². The van der Waals surface area contributed by atoms with Crippen molar-refractivity contribution in [1.29, 1.82) is 0 Å². The fraction of sp³-hybridized carbons (Fsp3) is 0.188. The number of amides is 1. The number of benzene rings is 2. The molecule has 0 aliphatic rings. The van der Waals surface area contributed by atoms with E-state index in [1.165, 1.54) is 17.0 Å². The SMILES string of the molecule is CN(C)C(=O)C(Oc1ccc(OB(O)O)cc1)c1ccccc1. The van der Waals surface area contributed by atoms with Gasteiger partial charge in [0.15, 0.2) is 0 Å². The molecule has 0 radical (unpaired) electrons. The Labute approximate surface area is 135 Å². The van der Waals surface area contributed by atoms with E-state index in [4.69, 9.17) is 19.4 Å². The first-order valence-corrected chi connectivity index (χ1v) is 7.03. The van der Waals surface area contributed by atoms with Crippen molar-refractivity contribution in [2.24, 2.45) is 0 Å². The highest BCUT2D eigenvalue weighted by Crippen LogP contribution is 2.25. The predicted octanol–water partition coefficient (Wildman–Crippen LogP) is 1.24. The second kappa shape index (κ2) is 7.67. The maximum Gasteiger partial charge on any atom is 0.707 e. The molecule has 0 aliphatic carbocycles. The van der Waals surface area contributed by atoms with Crippen LogP contribution in [0.1, 0.15) is 11.7 Å². The molecule has 0 spiro atoms. The van der Waals surface area contributed by atoms with E-state index in [0.29, 0.717) is 5.75 Å². The first kappa shape index (κ1) is 16.9. The smallest absolute Gasteiger partial charge is 0.512 e. The summed E-state index contributed by atoms with van der Waals surface area (Å²) in [6.07, 6.45) is -0.763. The Kier molecular flexibility index (Phi) is 5.62. The number of hydrogen-bond acceptors (Lipinski definition) is 5. The lowest BCUT2D eigenvalue weighted by molar-refractivity contribution is -0.136. The number of ether oxygens (including phenoxy) is 1. The molecule has 2 aromatic carbocycles. The van der Waals surface area contributed by atoms with E-state index in [9.17, 15) is 4.79 Å². The third kappa shape index (κ3) is 4.74. The lowest BCUT2D eigenvalue weighted by Crippen LogP contribution is -2.31. The van der Waals surface area contributed by atoms with Crippen molar-refractivity contribution in [2.45, 2.75) is 6.10 Å². The Morgan fingerprint density at radius 1 is 1.00 bits per heavy atom. The van der Waals surface area contributed by atoms with Gasteiger partial charge in [0.25, 0.3) is 5.91 Å². The Hall–Kier alpha value is -2.51. The molecule has 0 saturated carbocycles. The summed E-state index contributed by atoms with van der Waals surface area (Å²) in [5, 5.41) is 17.5. The van der Waals surface area contributed by atoms with Crippen molar-refractivity contribution in [3.05, 3.63) is 60.2 Å². The van der Waals surface area contributed by atoms with Crippen molar-refractivity contribution >= 4 is 13.2 Å². The number of likely N-dealkylation sites (N-methyl/N-ethyl adjacent to an activating group) is 1. The highest BCUT2D eigenvalue weighted by Gasteiger charge is 2.24. The minimum Gasteiger partial charge on any atom is -0.512 e. The van der Waals surface area contributed by atoms with Gasteiger partial charge in [0.1, 0.15) is 11.5 Å². The van der Waals surface area contributed by atoms with Gasteiger partial charge in [-0.15, -0.1) is 0 Å². The Bertz CT molecular complexity index is 631.